The van der Waals surface area contributed by atoms with E-state index in [1.807, 2.05) is 6.92 Å². The lowest BCUT2D eigenvalue weighted by molar-refractivity contribution is -0.137. The average molecular weight is 318 g/mol. The topological polar surface area (TPSA) is 24.9 Å². The number of nitrogens with one attached hydrogen (secondary N) is 1. The van der Waals surface area contributed by atoms with Crippen LogP contribution in [0.2, 0.25) is 0 Å². The highest BCUT2D eigenvalue weighted by molar-refractivity contribution is 7.15. The van der Waals surface area contributed by atoms with E-state index in [0.717, 1.165) is 36.0 Å². The first-order chi connectivity index (χ1) is 9.91. The van der Waals surface area contributed by atoms with Crippen molar-refractivity contribution in [3.8, 4) is 10.6 Å². The maximum Gasteiger partial charge on any atom is 0.416 e. The summed E-state index contributed by atoms with van der Waals surface area (Å²) in [7, 11) is 0. The van der Waals surface area contributed by atoms with E-state index >= 15 is 0 Å². The van der Waals surface area contributed by atoms with Gasteiger partial charge in [-0.05, 0) is 31.2 Å². The SMILES string of the molecule is CCCNCc1cnc(-c2cc(C(F)(F)F)ccc2F)s1. The van der Waals surface area contributed by atoms with Crippen LogP contribution in [0.5, 0.6) is 0 Å². The van der Waals surface area contributed by atoms with Gasteiger partial charge >= 0.3 is 6.18 Å². The van der Waals surface area contributed by atoms with Crippen LogP contribution in [-0.2, 0) is 12.7 Å². The highest BCUT2D eigenvalue weighted by atomic mass is 32.1. The van der Waals surface area contributed by atoms with Crippen LogP contribution in [0.15, 0.2) is 24.4 Å². The second kappa shape index (κ2) is 6.53. The summed E-state index contributed by atoms with van der Waals surface area (Å²) in [5.41, 5.74) is -0.990. The second-order valence-corrected chi connectivity index (χ2v) is 5.62. The Morgan fingerprint density at radius 3 is 2.71 bits per heavy atom. The third kappa shape index (κ3) is 4.01. The van der Waals surface area contributed by atoms with Crippen molar-refractivity contribution >= 4 is 11.3 Å². The molecule has 114 valence electrons. The van der Waals surface area contributed by atoms with E-state index in [4.69, 9.17) is 0 Å². The number of alkyl halides is 3. The van der Waals surface area contributed by atoms with Crippen LogP contribution in [-0.4, -0.2) is 11.5 Å². The molecule has 0 aliphatic rings. The van der Waals surface area contributed by atoms with Gasteiger partial charge in [-0.25, -0.2) is 9.37 Å². The summed E-state index contributed by atoms with van der Waals surface area (Å²) < 4.78 is 51.8. The maximum atomic E-state index is 13.7. The summed E-state index contributed by atoms with van der Waals surface area (Å²) >= 11 is 1.19. The molecule has 0 aliphatic carbocycles. The molecule has 2 aromatic rings. The molecule has 0 aliphatic heterocycles. The van der Waals surface area contributed by atoms with Gasteiger partial charge in [0.2, 0.25) is 0 Å². The molecule has 0 bridgehead atoms. The van der Waals surface area contributed by atoms with E-state index in [1.165, 1.54) is 11.3 Å². The number of nitrogens with zero attached hydrogens (tertiary/aromatic N) is 1. The van der Waals surface area contributed by atoms with Crippen molar-refractivity contribution in [1.29, 1.82) is 0 Å². The zero-order valence-electron chi connectivity index (χ0n) is 11.3. The van der Waals surface area contributed by atoms with Crippen LogP contribution in [0, 0.1) is 5.82 Å². The van der Waals surface area contributed by atoms with Crippen LogP contribution < -0.4 is 5.32 Å². The van der Waals surface area contributed by atoms with Crippen molar-refractivity contribution in [2.24, 2.45) is 0 Å². The van der Waals surface area contributed by atoms with E-state index in [2.05, 4.69) is 10.3 Å². The number of hydrogen-bond acceptors (Lipinski definition) is 3. The molecule has 0 atom stereocenters. The molecule has 2 nitrogen and oxygen atoms in total. The van der Waals surface area contributed by atoms with Gasteiger partial charge in [-0.15, -0.1) is 11.3 Å². The number of rotatable bonds is 5. The zero-order chi connectivity index (χ0) is 15.5. The Bertz CT molecular complexity index is 607. The summed E-state index contributed by atoms with van der Waals surface area (Å²) in [4.78, 5) is 4.88. The molecular weight excluding hydrogens is 304 g/mol. The molecular formula is C14H14F4N2S. The minimum atomic E-state index is -4.49. The molecule has 0 saturated carbocycles. The number of aromatic nitrogens is 1. The quantitative estimate of drug-likeness (QED) is 0.650. The number of thiazole rings is 1. The van der Waals surface area contributed by atoms with Gasteiger partial charge in [-0.1, -0.05) is 6.92 Å². The van der Waals surface area contributed by atoms with Gasteiger partial charge in [-0.2, -0.15) is 13.2 Å². The Balaban J connectivity index is 2.25. The van der Waals surface area contributed by atoms with Gasteiger partial charge in [0.05, 0.1) is 5.56 Å². The Labute approximate surface area is 123 Å². The summed E-state index contributed by atoms with van der Waals surface area (Å²) in [5, 5.41) is 3.42. The smallest absolute Gasteiger partial charge is 0.312 e. The third-order valence-corrected chi connectivity index (χ3v) is 3.83. The van der Waals surface area contributed by atoms with Crippen molar-refractivity contribution in [3.05, 3.63) is 40.7 Å². The molecule has 0 unspecified atom stereocenters. The summed E-state index contributed by atoms with van der Waals surface area (Å²) in [5.74, 6) is -0.703. The summed E-state index contributed by atoms with van der Waals surface area (Å²) in [6.07, 6.45) is -1.96. The minimum Gasteiger partial charge on any atom is -0.312 e. The van der Waals surface area contributed by atoms with Gasteiger partial charge in [0.1, 0.15) is 10.8 Å². The predicted molar refractivity (Wildman–Crippen MR) is 74.5 cm³/mol. The zero-order valence-corrected chi connectivity index (χ0v) is 12.1. The Morgan fingerprint density at radius 1 is 1.29 bits per heavy atom. The molecule has 0 fully saturated rings. The Morgan fingerprint density at radius 2 is 2.05 bits per heavy atom. The van der Waals surface area contributed by atoms with Crippen molar-refractivity contribution in [3.63, 3.8) is 0 Å². The number of hydrogen-bond donors (Lipinski definition) is 1. The fourth-order valence-corrected chi connectivity index (χ4v) is 2.67. The van der Waals surface area contributed by atoms with Crippen molar-refractivity contribution in [2.75, 3.05) is 6.54 Å². The lowest BCUT2D eigenvalue weighted by atomic mass is 10.1. The molecule has 7 heteroatoms. The first-order valence-electron chi connectivity index (χ1n) is 6.44. The standard InChI is InChI=1S/C14H14F4N2S/c1-2-5-19-7-10-8-20-13(21-10)11-6-9(14(16,17)18)3-4-12(11)15/h3-4,6,8,19H,2,5,7H2,1H3. The lowest BCUT2D eigenvalue weighted by Crippen LogP contribution is -2.12. The molecule has 1 heterocycles. The van der Waals surface area contributed by atoms with Gasteiger partial charge in [0, 0.05) is 23.2 Å². The van der Waals surface area contributed by atoms with Crippen molar-refractivity contribution in [2.45, 2.75) is 26.1 Å². The van der Waals surface area contributed by atoms with Crippen LogP contribution in [0.25, 0.3) is 10.6 Å². The number of benzene rings is 1. The fourth-order valence-electron chi connectivity index (χ4n) is 1.77. The molecule has 1 N–H and O–H groups in total. The van der Waals surface area contributed by atoms with E-state index in [9.17, 15) is 17.6 Å². The summed E-state index contributed by atoms with van der Waals surface area (Å²) in [6.45, 7) is 3.44. The first-order valence-corrected chi connectivity index (χ1v) is 7.26. The Hall–Kier alpha value is -1.47. The van der Waals surface area contributed by atoms with Gasteiger partial charge in [0.15, 0.2) is 0 Å². The van der Waals surface area contributed by atoms with Crippen molar-refractivity contribution < 1.29 is 17.6 Å². The van der Waals surface area contributed by atoms with Crippen LogP contribution >= 0.6 is 11.3 Å². The largest absolute Gasteiger partial charge is 0.416 e. The first kappa shape index (κ1) is 15.9. The predicted octanol–water partition coefficient (Wildman–Crippen LogP) is 4.47. The second-order valence-electron chi connectivity index (χ2n) is 4.50. The average Bonchev–Trinajstić information content (AvgIpc) is 2.87. The molecule has 0 amide bonds. The highest BCUT2D eigenvalue weighted by Gasteiger charge is 2.31. The van der Waals surface area contributed by atoms with Crippen LogP contribution in [0.3, 0.4) is 0 Å². The van der Waals surface area contributed by atoms with E-state index in [0.29, 0.717) is 6.54 Å². The highest BCUT2D eigenvalue weighted by Crippen LogP contribution is 2.34. The maximum absolute atomic E-state index is 13.7. The normalized spacial score (nSPS) is 11.9. The van der Waals surface area contributed by atoms with E-state index < -0.39 is 17.6 Å². The van der Waals surface area contributed by atoms with Crippen molar-refractivity contribution in [1.82, 2.24) is 10.3 Å². The third-order valence-electron chi connectivity index (χ3n) is 2.80. The Kier molecular flexibility index (Phi) is 4.95. The fraction of sp³-hybridized carbons (Fsp3) is 0.357. The van der Waals surface area contributed by atoms with Gasteiger partial charge in [0.25, 0.3) is 0 Å². The molecule has 0 saturated heterocycles. The molecule has 1 aromatic carbocycles. The molecule has 1 aromatic heterocycles. The van der Waals surface area contributed by atoms with Crippen LogP contribution in [0.4, 0.5) is 17.6 Å². The minimum absolute atomic E-state index is 0.114. The monoisotopic (exact) mass is 318 g/mol. The number of halogens is 4. The van der Waals surface area contributed by atoms with E-state index in [-0.39, 0.29) is 10.6 Å². The van der Waals surface area contributed by atoms with Crippen LogP contribution in [0.1, 0.15) is 23.8 Å². The summed E-state index contributed by atoms with van der Waals surface area (Å²) in [6, 6.07) is 2.36. The van der Waals surface area contributed by atoms with E-state index in [1.54, 1.807) is 6.20 Å². The lowest BCUT2D eigenvalue weighted by Gasteiger charge is -2.08. The van der Waals surface area contributed by atoms with Gasteiger partial charge < -0.3 is 5.32 Å². The van der Waals surface area contributed by atoms with Gasteiger partial charge in [-0.3, -0.25) is 0 Å². The molecule has 2 rings (SSSR count). The molecule has 21 heavy (non-hydrogen) atoms. The molecule has 0 radical (unpaired) electrons. The molecule has 0 spiro atoms.